The Morgan fingerprint density at radius 2 is 1.62 bits per heavy atom. The Bertz CT molecular complexity index is 1050. The molecule has 0 aliphatic heterocycles. The van der Waals surface area contributed by atoms with Crippen LogP contribution in [-0.2, 0) is 4.79 Å². The monoisotopic (exact) mass is 402 g/mol. The number of amides is 2. The molecule has 0 saturated heterocycles. The van der Waals surface area contributed by atoms with Gasteiger partial charge in [-0.1, -0.05) is 48.5 Å². The molecule has 0 atom stereocenters. The molecule has 0 radical (unpaired) electrons. The van der Waals surface area contributed by atoms with E-state index in [1.54, 1.807) is 42.1 Å². The van der Waals surface area contributed by atoms with Crippen molar-refractivity contribution in [2.24, 2.45) is 0 Å². The molecule has 2 amide bonds. The normalized spacial score (nSPS) is 11.0. The van der Waals surface area contributed by atoms with Crippen LogP contribution in [0.1, 0.15) is 21.5 Å². The van der Waals surface area contributed by atoms with E-state index in [4.69, 9.17) is 0 Å². The van der Waals surface area contributed by atoms with Gasteiger partial charge in [-0.15, -0.1) is 11.8 Å². The van der Waals surface area contributed by atoms with Crippen LogP contribution in [0.5, 0.6) is 0 Å². The molecule has 4 nitrogen and oxygen atoms in total. The Morgan fingerprint density at radius 1 is 0.897 bits per heavy atom. The van der Waals surface area contributed by atoms with Gasteiger partial charge in [-0.3, -0.25) is 9.59 Å². The molecule has 146 valence electrons. The Labute approximate surface area is 175 Å². The lowest BCUT2D eigenvalue weighted by atomic mass is 10.1. The maximum atomic E-state index is 13.0. The quantitative estimate of drug-likeness (QED) is 0.444. The van der Waals surface area contributed by atoms with Gasteiger partial charge in [-0.05, 0) is 60.7 Å². The summed E-state index contributed by atoms with van der Waals surface area (Å²) in [5, 5.41) is 5.64. The highest BCUT2D eigenvalue weighted by atomic mass is 32.2. The predicted molar refractivity (Wildman–Crippen MR) is 120 cm³/mol. The van der Waals surface area contributed by atoms with Crippen LogP contribution in [0.2, 0.25) is 0 Å². The van der Waals surface area contributed by atoms with Gasteiger partial charge in [-0.25, -0.2) is 0 Å². The van der Waals surface area contributed by atoms with E-state index in [1.165, 1.54) is 0 Å². The molecular weight excluding hydrogens is 380 g/mol. The molecule has 5 heteroatoms. The van der Waals surface area contributed by atoms with Crippen molar-refractivity contribution in [1.82, 2.24) is 5.32 Å². The number of hydrogen-bond acceptors (Lipinski definition) is 3. The minimum atomic E-state index is -0.379. The van der Waals surface area contributed by atoms with E-state index in [9.17, 15) is 9.59 Å². The zero-order chi connectivity index (χ0) is 20.6. The summed E-state index contributed by atoms with van der Waals surface area (Å²) in [6.45, 7) is 1.96. The molecule has 0 fully saturated rings. The fraction of sp³-hybridized carbons (Fsp3) is 0.0833. The lowest BCUT2D eigenvalue weighted by Crippen LogP contribution is -2.30. The van der Waals surface area contributed by atoms with Gasteiger partial charge in [0.1, 0.15) is 5.70 Å². The number of carbonyl (C=O) groups excluding carboxylic acids is 2. The highest BCUT2D eigenvalue weighted by Crippen LogP contribution is 2.20. The molecule has 29 heavy (non-hydrogen) atoms. The third-order valence-corrected chi connectivity index (χ3v) is 5.07. The molecule has 0 aromatic heterocycles. The van der Waals surface area contributed by atoms with Crippen molar-refractivity contribution < 1.29 is 9.59 Å². The van der Waals surface area contributed by atoms with E-state index in [2.05, 4.69) is 10.6 Å². The van der Waals surface area contributed by atoms with Gasteiger partial charge in [0.2, 0.25) is 0 Å². The second kappa shape index (κ2) is 9.75. The number of hydrogen-bond donors (Lipinski definition) is 2. The van der Waals surface area contributed by atoms with Crippen LogP contribution < -0.4 is 10.6 Å². The van der Waals surface area contributed by atoms with Crippen molar-refractivity contribution >= 4 is 35.3 Å². The number of anilines is 1. The molecule has 0 heterocycles. The molecule has 0 spiro atoms. The Kier molecular flexibility index (Phi) is 6.87. The summed E-state index contributed by atoms with van der Waals surface area (Å²) >= 11 is 1.60. The van der Waals surface area contributed by atoms with E-state index in [-0.39, 0.29) is 17.5 Å². The van der Waals surface area contributed by atoms with E-state index in [0.29, 0.717) is 11.3 Å². The summed E-state index contributed by atoms with van der Waals surface area (Å²) < 4.78 is 0. The fourth-order valence-electron chi connectivity index (χ4n) is 2.75. The Balaban J connectivity index is 1.90. The van der Waals surface area contributed by atoms with E-state index in [0.717, 1.165) is 16.0 Å². The first-order chi connectivity index (χ1) is 14.1. The summed E-state index contributed by atoms with van der Waals surface area (Å²) in [4.78, 5) is 26.7. The van der Waals surface area contributed by atoms with Crippen molar-refractivity contribution in [3.63, 3.8) is 0 Å². The second-order valence-electron chi connectivity index (χ2n) is 6.42. The van der Waals surface area contributed by atoms with Crippen molar-refractivity contribution in [3.05, 3.63) is 101 Å². The molecule has 0 unspecified atom stereocenters. The molecule has 0 saturated carbocycles. The highest BCUT2D eigenvalue weighted by molar-refractivity contribution is 7.98. The van der Waals surface area contributed by atoms with Crippen molar-refractivity contribution in [2.45, 2.75) is 11.8 Å². The summed E-state index contributed by atoms with van der Waals surface area (Å²) in [5.41, 5.74) is 3.22. The van der Waals surface area contributed by atoms with E-state index >= 15 is 0 Å². The van der Waals surface area contributed by atoms with Gasteiger partial charge in [0.15, 0.2) is 0 Å². The molecule has 3 aromatic rings. The minimum Gasteiger partial charge on any atom is -0.321 e. The SMILES string of the molecule is CSc1cccc(NC(=O)/C(=C/c2ccccc2C)NC(=O)c2ccccc2)c1. The lowest BCUT2D eigenvalue weighted by Gasteiger charge is -2.12. The first kappa shape index (κ1) is 20.4. The van der Waals surface area contributed by atoms with E-state index in [1.807, 2.05) is 67.8 Å². The minimum absolute atomic E-state index is 0.183. The maximum Gasteiger partial charge on any atom is 0.272 e. The van der Waals surface area contributed by atoms with Gasteiger partial charge in [0.25, 0.3) is 11.8 Å². The second-order valence-corrected chi connectivity index (χ2v) is 7.30. The van der Waals surface area contributed by atoms with Crippen LogP contribution in [0.25, 0.3) is 6.08 Å². The number of carbonyl (C=O) groups is 2. The number of benzene rings is 3. The topological polar surface area (TPSA) is 58.2 Å². The zero-order valence-electron chi connectivity index (χ0n) is 16.3. The fourth-order valence-corrected chi connectivity index (χ4v) is 3.21. The number of rotatable bonds is 6. The number of thioether (sulfide) groups is 1. The summed E-state index contributed by atoms with van der Waals surface area (Å²) in [5.74, 6) is -0.714. The third kappa shape index (κ3) is 5.59. The van der Waals surface area contributed by atoms with Gasteiger partial charge >= 0.3 is 0 Å². The van der Waals surface area contributed by atoms with Crippen LogP contribution in [-0.4, -0.2) is 18.1 Å². The number of nitrogens with one attached hydrogen (secondary N) is 2. The zero-order valence-corrected chi connectivity index (χ0v) is 17.1. The molecular formula is C24H22N2O2S. The standard InChI is InChI=1S/C24H22N2O2S/c1-17-9-6-7-12-19(17)15-22(26-23(27)18-10-4-3-5-11-18)24(28)25-20-13-8-14-21(16-20)29-2/h3-16H,1-2H3,(H,25,28)(H,26,27)/b22-15-. The van der Waals surface area contributed by atoms with Crippen LogP contribution in [0.3, 0.4) is 0 Å². The molecule has 3 aromatic carbocycles. The van der Waals surface area contributed by atoms with Gasteiger partial charge < -0.3 is 10.6 Å². The highest BCUT2D eigenvalue weighted by Gasteiger charge is 2.15. The third-order valence-electron chi connectivity index (χ3n) is 4.34. The predicted octanol–water partition coefficient (Wildman–Crippen LogP) is 5.13. The van der Waals surface area contributed by atoms with E-state index < -0.39 is 0 Å². The largest absolute Gasteiger partial charge is 0.321 e. The van der Waals surface area contributed by atoms with Crippen LogP contribution in [0.4, 0.5) is 5.69 Å². The van der Waals surface area contributed by atoms with Crippen LogP contribution in [0, 0.1) is 6.92 Å². The molecule has 0 aliphatic rings. The summed E-state index contributed by atoms with van der Waals surface area (Å²) in [6, 6.07) is 24.1. The summed E-state index contributed by atoms with van der Waals surface area (Å²) in [7, 11) is 0. The number of aryl methyl sites for hydroxylation is 1. The van der Waals surface area contributed by atoms with Crippen molar-refractivity contribution in [1.29, 1.82) is 0 Å². The van der Waals surface area contributed by atoms with Gasteiger partial charge in [-0.2, -0.15) is 0 Å². The first-order valence-electron chi connectivity index (χ1n) is 9.16. The molecule has 0 aliphatic carbocycles. The lowest BCUT2D eigenvalue weighted by molar-refractivity contribution is -0.113. The van der Waals surface area contributed by atoms with Crippen molar-refractivity contribution in [3.8, 4) is 0 Å². The average Bonchev–Trinajstić information content (AvgIpc) is 2.75. The molecule has 2 N–H and O–H groups in total. The Morgan fingerprint density at radius 3 is 2.34 bits per heavy atom. The van der Waals surface area contributed by atoms with Crippen LogP contribution >= 0.6 is 11.8 Å². The Hall–Kier alpha value is -3.31. The smallest absolute Gasteiger partial charge is 0.272 e. The van der Waals surface area contributed by atoms with Gasteiger partial charge in [0.05, 0.1) is 0 Å². The first-order valence-corrected chi connectivity index (χ1v) is 10.4. The van der Waals surface area contributed by atoms with Gasteiger partial charge in [0, 0.05) is 16.1 Å². The van der Waals surface area contributed by atoms with Crippen LogP contribution in [0.15, 0.2) is 89.5 Å². The van der Waals surface area contributed by atoms with Crippen molar-refractivity contribution in [2.75, 3.05) is 11.6 Å². The molecule has 3 rings (SSSR count). The average molecular weight is 403 g/mol. The molecule has 0 bridgehead atoms. The summed E-state index contributed by atoms with van der Waals surface area (Å²) in [6.07, 6.45) is 3.68. The maximum absolute atomic E-state index is 13.0.